The minimum absolute atomic E-state index is 0.0203. The number of ketones is 1. The maximum atomic E-state index is 12.9. The maximum Gasteiger partial charge on any atom is 0.195 e. The predicted molar refractivity (Wildman–Crippen MR) is 84.2 cm³/mol. The summed E-state index contributed by atoms with van der Waals surface area (Å²) in [6.45, 7) is 4.00. The average Bonchev–Trinajstić information content (AvgIpc) is 2.93. The van der Waals surface area contributed by atoms with Gasteiger partial charge in [0.1, 0.15) is 5.75 Å². The SMILES string of the molecule is COc1cccc2[nH]cc(C(=O)c3cccc(C)c3C)c12. The van der Waals surface area contributed by atoms with Crippen molar-refractivity contribution in [3.8, 4) is 5.75 Å². The van der Waals surface area contributed by atoms with Gasteiger partial charge in [-0.15, -0.1) is 0 Å². The Labute approximate surface area is 123 Å². The van der Waals surface area contributed by atoms with E-state index >= 15 is 0 Å². The van der Waals surface area contributed by atoms with Gasteiger partial charge in [0, 0.05) is 17.3 Å². The molecule has 0 amide bonds. The lowest BCUT2D eigenvalue weighted by molar-refractivity contribution is 0.103. The summed E-state index contributed by atoms with van der Waals surface area (Å²) in [5.41, 5.74) is 4.43. The molecule has 0 spiro atoms. The normalized spacial score (nSPS) is 10.8. The molecular weight excluding hydrogens is 262 g/mol. The number of carbonyl (C=O) groups is 1. The molecule has 21 heavy (non-hydrogen) atoms. The van der Waals surface area contributed by atoms with Crippen molar-refractivity contribution in [1.82, 2.24) is 4.98 Å². The van der Waals surface area contributed by atoms with Crippen LogP contribution in [0.1, 0.15) is 27.0 Å². The van der Waals surface area contributed by atoms with Gasteiger partial charge in [-0.2, -0.15) is 0 Å². The number of ether oxygens (including phenoxy) is 1. The number of rotatable bonds is 3. The number of benzene rings is 2. The van der Waals surface area contributed by atoms with Crippen molar-refractivity contribution in [2.45, 2.75) is 13.8 Å². The van der Waals surface area contributed by atoms with Crippen LogP contribution in [0.15, 0.2) is 42.6 Å². The molecule has 1 heterocycles. The topological polar surface area (TPSA) is 42.1 Å². The molecule has 106 valence electrons. The standard InChI is InChI=1S/C18H17NO2/c1-11-6-4-7-13(12(11)2)18(20)14-10-19-15-8-5-9-16(21-3)17(14)15/h4-10,19H,1-3H3. The molecule has 0 radical (unpaired) electrons. The first-order valence-electron chi connectivity index (χ1n) is 6.88. The van der Waals surface area contributed by atoms with Crippen LogP contribution in [-0.4, -0.2) is 17.9 Å². The van der Waals surface area contributed by atoms with Crippen LogP contribution in [0.4, 0.5) is 0 Å². The molecule has 3 rings (SSSR count). The number of fused-ring (bicyclic) bond motifs is 1. The third kappa shape index (κ3) is 2.11. The van der Waals surface area contributed by atoms with Crippen LogP contribution in [0.25, 0.3) is 10.9 Å². The van der Waals surface area contributed by atoms with Crippen molar-refractivity contribution >= 4 is 16.7 Å². The zero-order chi connectivity index (χ0) is 15.0. The van der Waals surface area contributed by atoms with Crippen molar-refractivity contribution in [1.29, 1.82) is 0 Å². The summed E-state index contributed by atoms with van der Waals surface area (Å²) in [7, 11) is 1.62. The minimum atomic E-state index is 0.0203. The highest BCUT2D eigenvalue weighted by molar-refractivity contribution is 6.18. The van der Waals surface area contributed by atoms with Gasteiger partial charge in [0.05, 0.1) is 18.1 Å². The molecule has 0 unspecified atom stereocenters. The fourth-order valence-corrected chi connectivity index (χ4v) is 2.64. The molecule has 1 aromatic heterocycles. The van der Waals surface area contributed by atoms with Crippen molar-refractivity contribution < 1.29 is 9.53 Å². The van der Waals surface area contributed by atoms with Crippen molar-refractivity contribution in [3.63, 3.8) is 0 Å². The molecule has 0 saturated heterocycles. The molecule has 2 aromatic carbocycles. The van der Waals surface area contributed by atoms with Crippen molar-refractivity contribution in [3.05, 3.63) is 64.8 Å². The average molecular weight is 279 g/mol. The van der Waals surface area contributed by atoms with Gasteiger partial charge in [0.2, 0.25) is 0 Å². The third-order valence-electron chi connectivity index (χ3n) is 3.98. The van der Waals surface area contributed by atoms with Crippen LogP contribution >= 0.6 is 0 Å². The summed E-state index contributed by atoms with van der Waals surface area (Å²) in [6, 6.07) is 11.5. The number of aromatic amines is 1. The molecule has 0 saturated carbocycles. The van der Waals surface area contributed by atoms with E-state index in [9.17, 15) is 4.79 Å². The Morgan fingerprint density at radius 3 is 2.57 bits per heavy atom. The van der Waals surface area contributed by atoms with Crippen LogP contribution in [0, 0.1) is 13.8 Å². The number of hydrogen-bond acceptors (Lipinski definition) is 2. The number of aryl methyl sites for hydroxylation is 1. The minimum Gasteiger partial charge on any atom is -0.496 e. The molecule has 3 aromatic rings. The van der Waals surface area contributed by atoms with Gasteiger partial charge in [-0.05, 0) is 37.1 Å². The highest BCUT2D eigenvalue weighted by atomic mass is 16.5. The van der Waals surface area contributed by atoms with E-state index in [4.69, 9.17) is 4.74 Å². The Morgan fingerprint density at radius 1 is 1.05 bits per heavy atom. The lowest BCUT2D eigenvalue weighted by Crippen LogP contribution is -2.04. The van der Waals surface area contributed by atoms with Crippen molar-refractivity contribution in [2.75, 3.05) is 7.11 Å². The second-order valence-corrected chi connectivity index (χ2v) is 5.16. The largest absolute Gasteiger partial charge is 0.496 e. The summed E-state index contributed by atoms with van der Waals surface area (Å²) in [4.78, 5) is 16.0. The first-order chi connectivity index (χ1) is 10.1. The van der Waals surface area contributed by atoms with Gasteiger partial charge in [-0.3, -0.25) is 4.79 Å². The number of methoxy groups -OCH3 is 1. The Bertz CT molecular complexity index is 830. The molecule has 0 bridgehead atoms. The second kappa shape index (κ2) is 5.09. The number of carbonyl (C=O) groups excluding carboxylic acids is 1. The van der Waals surface area contributed by atoms with E-state index in [0.29, 0.717) is 11.3 Å². The number of nitrogens with one attached hydrogen (secondary N) is 1. The van der Waals surface area contributed by atoms with Crippen LogP contribution in [0.3, 0.4) is 0 Å². The van der Waals surface area contributed by atoms with Gasteiger partial charge in [-0.25, -0.2) is 0 Å². The van der Waals surface area contributed by atoms with Crippen molar-refractivity contribution in [2.24, 2.45) is 0 Å². The van der Waals surface area contributed by atoms with Crippen LogP contribution < -0.4 is 4.74 Å². The van der Waals surface area contributed by atoms with Crippen LogP contribution in [0.5, 0.6) is 5.75 Å². The van der Waals surface area contributed by atoms with E-state index in [1.807, 2.05) is 50.2 Å². The lowest BCUT2D eigenvalue weighted by atomic mass is 9.96. The zero-order valence-corrected chi connectivity index (χ0v) is 12.4. The smallest absolute Gasteiger partial charge is 0.195 e. The first kappa shape index (κ1) is 13.4. The summed E-state index contributed by atoms with van der Waals surface area (Å²) >= 11 is 0. The highest BCUT2D eigenvalue weighted by Gasteiger charge is 2.18. The van der Waals surface area contributed by atoms with E-state index in [-0.39, 0.29) is 5.78 Å². The Kier molecular flexibility index (Phi) is 3.26. The second-order valence-electron chi connectivity index (χ2n) is 5.16. The van der Waals surface area contributed by atoms with E-state index in [2.05, 4.69) is 4.98 Å². The Morgan fingerprint density at radius 2 is 1.81 bits per heavy atom. The molecule has 0 atom stereocenters. The van der Waals surface area contributed by atoms with Gasteiger partial charge >= 0.3 is 0 Å². The Balaban J connectivity index is 2.21. The van der Waals surface area contributed by atoms with Crippen LogP contribution in [-0.2, 0) is 0 Å². The summed E-state index contributed by atoms with van der Waals surface area (Å²) in [5, 5.41) is 0.839. The fourth-order valence-electron chi connectivity index (χ4n) is 2.64. The summed E-state index contributed by atoms with van der Waals surface area (Å²) in [5.74, 6) is 0.731. The zero-order valence-electron chi connectivity index (χ0n) is 12.4. The van der Waals surface area contributed by atoms with E-state index in [1.165, 1.54) is 0 Å². The molecule has 0 aliphatic heterocycles. The first-order valence-corrected chi connectivity index (χ1v) is 6.88. The maximum absolute atomic E-state index is 12.9. The fraction of sp³-hybridized carbons (Fsp3) is 0.167. The Hall–Kier alpha value is -2.55. The number of hydrogen-bond donors (Lipinski definition) is 1. The van der Waals surface area contributed by atoms with E-state index < -0.39 is 0 Å². The number of aromatic nitrogens is 1. The quantitative estimate of drug-likeness (QED) is 0.736. The van der Waals surface area contributed by atoms with Gasteiger partial charge in [0.25, 0.3) is 0 Å². The molecular formula is C18H17NO2. The third-order valence-corrected chi connectivity index (χ3v) is 3.98. The van der Waals surface area contributed by atoms with Crippen LogP contribution in [0.2, 0.25) is 0 Å². The molecule has 1 N–H and O–H groups in total. The summed E-state index contributed by atoms with van der Waals surface area (Å²) < 4.78 is 5.39. The predicted octanol–water partition coefficient (Wildman–Crippen LogP) is 4.02. The van der Waals surface area contributed by atoms with Gasteiger partial charge < -0.3 is 9.72 Å². The molecule has 0 aliphatic carbocycles. The molecule has 3 nitrogen and oxygen atoms in total. The van der Waals surface area contributed by atoms with E-state index in [1.54, 1.807) is 13.3 Å². The summed E-state index contributed by atoms with van der Waals surface area (Å²) in [6.07, 6.45) is 1.76. The molecule has 3 heteroatoms. The molecule has 0 aliphatic rings. The highest BCUT2D eigenvalue weighted by Crippen LogP contribution is 2.30. The molecule has 0 fully saturated rings. The van der Waals surface area contributed by atoms with Gasteiger partial charge in [-0.1, -0.05) is 24.3 Å². The van der Waals surface area contributed by atoms with Gasteiger partial charge in [0.15, 0.2) is 5.78 Å². The van der Waals surface area contributed by atoms with E-state index in [0.717, 1.165) is 27.6 Å². The monoisotopic (exact) mass is 279 g/mol. The number of H-pyrrole nitrogens is 1. The lowest BCUT2D eigenvalue weighted by Gasteiger charge is -2.08.